The number of furan rings is 1. The largest absolute Gasteiger partial charge is 0.465 e. The number of nitro groups is 1. The number of rotatable bonds is 11. The molecule has 11 heteroatoms. The maximum Gasteiger partial charge on any atom is 0.272 e. The Morgan fingerprint density at radius 3 is 2.28 bits per heavy atom. The van der Waals surface area contributed by atoms with Gasteiger partial charge in [-0.3, -0.25) is 24.5 Å². The number of carbonyl (C=O) groups excluding carboxylic acids is 3. The third kappa shape index (κ3) is 8.16. The minimum Gasteiger partial charge on any atom is -0.465 e. The number of non-ortho nitro benzene ring substituents is 1. The normalized spacial score (nSPS) is 11.7. The molecule has 3 amide bonds. The van der Waals surface area contributed by atoms with Crippen LogP contribution in [0, 0.1) is 17.0 Å². The Balaban J connectivity index is 1.37. The molecule has 0 saturated carbocycles. The van der Waals surface area contributed by atoms with Crippen molar-refractivity contribution in [3.05, 3.63) is 160 Å². The molecule has 0 bridgehead atoms. The molecule has 1 aromatic heterocycles. The number of nitrogens with zero attached hydrogens (tertiary/aromatic N) is 1. The lowest BCUT2D eigenvalue weighted by Crippen LogP contribution is -2.30. The third-order valence-corrected chi connectivity index (χ3v) is 7.98. The summed E-state index contributed by atoms with van der Waals surface area (Å²) in [6.45, 7) is 1.76. The average Bonchev–Trinajstić information content (AvgIpc) is 3.58. The fourth-order valence-electron chi connectivity index (χ4n) is 4.40. The van der Waals surface area contributed by atoms with Gasteiger partial charge in [0.1, 0.15) is 16.7 Å². The first-order valence-electron chi connectivity index (χ1n) is 14.1. The van der Waals surface area contributed by atoms with Gasteiger partial charge in [-0.2, -0.15) is 0 Å². The van der Waals surface area contributed by atoms with Crippen molar-refractivity contribution in [1.29, 1.82) is 0 Å². The molecule has 46 heavy (non-hydrogen) atoms. The van der Waals surface area contributed by atoms with E-state index in [-0.39, 0.29) is 17.3 Å². The van der Waals surface area contributed by atoms with Gasteiger partial charge in [0.15, 0.2) is 0 Å². The number of nitro benzene ring substituents is 1. The smallest absolute Gasteiger partial charge is 0.272 e. The van der Waals surface area contributed by atoms with E-state index < -0.39 is 22.0 Å². The first kappa shape index (κ1) is 31.5. The van der Waals surface area contributed by atoms with Crippen LogP contribution in [0.2, 0.25) is 0 Å². The molecule has 3 N–H and O–H groups in total. The highest BCUT2D eigenvalue weighted by Gasteiger charge is 2.24. The summed E-state index contributed by atoms with van der Waals surface area (Å²) in [5.74, 6) is -1.05. The molecule has 1 unspecified atom stereocenters. The maximum atomic E-state index is 13.6. The lowest BCUT2D eigenvalue weighted by molar-refractivity contribution is -0.384. The van der Waals surface area contributed by atoms with Crippen LogP contribution in [0.1, 0.15) is 32.5 Å². The van der Waals surface area contributed by atoms with Gasteiger partial charge in [0, 0.05) is 34.4 Å². The number of hydrogen-bond acceptors (Lipinski definition) is 7. The molecule has 5 rings (SSSR count). The molecule has 0 aliphatic heterocycles. The Hall–Kier alpha value is -5.94. The molecule has 0 aliphatic carbocycles. The molecular weight excluding hydrogens is 604 g/mol. The molecule has 0 radical (unpaired) electrons. The number of nitrogens with one attached hydrogen (secondary N) is 3. The van der Waals surface area contributed by atoms with Gasteiger partial charge in [0.2, 0.25) is 5.91 Å². The van der Waals surface area contributed by atoms with E-state index in [1.807, 2.05) is 30.3 Å². The third-order valence-electron chi connectivity index (χ3n) is 6.73. The molecule has 1 heterocycles. The minimum atomic E-state index is -0.731. The summed E-state index contributed by atoms with van der Waals surface area (Å²) < 4.78 is 5.36. The van der Waals surface area contributed by atoms with Crippen LogP contribution in [0.3, 0.4) is 0 Å². The van der Waals surface area contributed by atoms with Crippen LogP contribution in [-0.4, -0.2) is 22.6 Å². The van der Waals surface area contributed by atoms with Gasteiger partial charge in [0.05, 0.1) is 16.9 Å². The Morgan fingerprint density at radius 1 is 0.848 bits per heavy atom. The average molecular weight is 633 g/mol. The minimum absolute atomic E-state index is 0.0317. The standard InChI is InChI=1S/C35H28N4O6S/c1-23-17-18-27(39(43)44)21-30(23)37-35(42)32(24-10-4-2-5-11-24)46-29-16-8-14-26(20-29)36-34(41)31(22-28-15-9-19-45-28)38-33(40)25-12-6-3-7-13-25/h2-22,32H,1H3,(H,36,41)(H,37,42)(H,38,40)/b31-22-. The molecule has 0 spiro atoms. The van der Waals surface area contributed by atoms with Crippen molar-refractivity contribution >= 4 is 52.6 Å². The predicted molar refractivity (Wildman–Crippen MR) is 177 cm³/mol. The Bertz CT molecular complexity index is 1890. The van der Waals surface area contributed by atoms with Crippen molar-refractivity contribution in [1.82, 2.24) is 5.32 Å². The summed E-state index contributed by atoms with van der Waals surface area (Å²) in [5, 5.41) is 18.9. The molecular formula is C35H28N4O6S. The van der Waals surface area contributed by atoms with Crippen molar-refractivity contribution in [3.63, 3.8) is 0 Å². The number of amides is 3. The van der Waals surface area contributed by atoms with Gasteiger partial charge in [0.25, 0.3) is 17.5 Å². The zero-order valence-corrected chi connectivity index (χ0v) is 25.3. The summed E-state index contributed by atoms with van der Waals surface area (Å²) in [5.41, 5.74) is 2.38. The number of benzene rings is 4. The van der Waals surface area contributed by atoms with Crippen LogP contribution < -0.4 is 16.0 Å². The molecule has 10 nitrogen and oxygen atoms in total. The van der Waals surface area contributed by atoms with E-state index in [1.165, 1.54) is 36.2 Å². The fraction of sp³-hybridized carbons (Fsp3) is 0.0571. The molecule has 230 valence electrons. The van der Waals surface area contributed by atoms with E-state index in [0.717, 1.165) is 5.56 Å². The van der Waals surface area contributed by atoms with E-state index in [1.54, 1.807) is 79.7 Å². The topological polar surface area (TPSA) is 144 Å². The highest BCUT2D eigenvalue weighted by molar-refractivity contribution is 8.00. The first-order valence-corrected chi connectivity index (χ1v) is 15.0. The summed E-state index contributed by atoms with van der Waals surface area (Å²) in [4.78, 5) is 51.4. The van der Waals surface area contributed by atoms with E-state index in [0.29, 0.717) is 33.2 Å². The van der Waals surface area contributed by atoms with E-state index >= 15 is 0 Å². The summed E-state index contributed by atoms with van der Waals surface area (Å²) >= 11 is 1.25. The highest BCUT2D eigenvalue weighted by Crippen LogP contribution is 2.37. The SMILES string of the molecule is Cc1ccc([N+](=O)[O-])cc1NC(=O)C(Sc1cccc(NC(=O)/C(=C/c2ccco2)NC(=O)c2ccccc2)c1)c1ccccc1. The first-order chi connectivity index (χ1) is 22.3. The summed E-state index contributed by atoms with van der Waals surface area (Å²) in [6, 6.07) is 32.2. The quantitative estimate of drug-likeness (QED) is 0.0597. The predicted octanol–water partition coefficient (Wildman–Crippen LogP) is 7.38. The molecule has 0 saturated heterocycles. The Morgan fingerprint density at radius 2 is 1.59 bits per heavy atom. The number of thioether (sulfide) groups is 1. The van der Waals surface area contributed by atoms with Gasteiger partial charge in [-0.1, -0.05) is 60.7 Å². The van der Waals surface area contributed by atoms with Crippen LogP contribution in [-0.2, 0) is 9.59 Å². The van der Waals surface area contributed by atoms with Crippen LogP contribution in [0.5, 0.6) is 0 Å². The zero-order chi connectivity index (χ0) is 32.5. The van der Waals surface area contributed by atoms with Gasteiger partial charge in [-0.15, -0.1) is 11.8 Å². The molecule has 5 aromatic rings. The maximum absolute atomic E-state index is 13.6. The van der Waals surface area contributed by atoms with Crippen molar-refractivity contribution in [2.75, 3.05) is 10.6 Å². The molecule has 0 aliphatic rings. The highest BCUT2D eigenvalue weighted by atomic mass is 32.2. The van der Waals surface area contributed by atoms with Crippen molar-refractivity contribution in [3.8, 4) is 0 Å². The molecule has 4 aromatic carbocycles. The zero-order valence-electron chi connectivity index (χ0n) is 24.5. The van der Waals surface area contributed by atoms with Gasteiger partial charge < -0.3 is 20.4 Å². The van der Waals surface area contributed by atoms with Crippen molar-refractivity contribution < 1.29 is 23.7 Å². The summed E-state index contributed by atoms with van der Waals surface area (Å²) in [7, 11) is 0. The van der Waals surface area contributed by atoms with Gasteiger partial charge in [-0.25, -0.2) is 0 Å². The second-order valence-electron chi connectivity index (χ2n) is 10.0. The monoisotopic (exact) mass is 632 g/mol. The van der Waals surface area contributed by atoms with E-state index in [9.17, 15) is 24.5 Å². The van der Waals surface area contributed by atoms with Crippen LogP contribution in [0.4, 0.5) is 17.1 Å². The number of anilines is 2. The van der Waals surface area contributed by atoms with E-state index in [4.69, 9.17) is 4.42 Å². The Labute approximate surface area is 268 Å². The second kappa shape index (κ2) is 14.7. The fourth-order valence-corrected chi connectivity index (χ4v) is 5.48. The van der Waals surface area contributed by atoms with Crippen molar-refractivity contribution in [2.24, 2.45) is 0 Å². The van der Waals surface area contributed by atoms with E-state index in [2.05, 4.69) is 16.0 Å². The van der Waals surface area contributed by atoms with Crippen LogP contribution in [0.25, 0.3) is 6.08 Å². The van der Waals surface area contributed by atoms with Crippen LogP contribution >= 0.6 is 11.8 Å². The van der Waals surface area contributed by atoms with Crippen LogP contribution in [0.15, 0.2) is 137 Å². The second-order valence-corrected chi connectivity index (χ2v) is 11.2. The molecule has 0 fully saturated rings. The molecule has 1 atom stereocenters. The number of hydrogen-bond donors (Lipinski definition) is 3. The van der Waals surface area contributed by atoms with Gasteiger partial charge in [-0.05, 0) is 60.5 Å². The Kier molecular flexibility index (Phi) is 10.1. The lowest BCUT2D eigenvalue weighted by atomic mass is 10.1. The van der Waals surface area contributed by atoms with Gasteiger partial charge >= 0.3 is 0 Å². The number of aryl methyl sites for hydroxylation is 1. The summed E-state index contributed by atoms with van der Waals surface area (Å²) in [6.07, 6.45) is 2.89. The number of carbonyl (C=O) groups is 3. The van der Waals surface area contributed by atoms with Crippen molar-refractivity contribution in [2.45, 2.75) is 17.1 Å². The lowest BCUT2D eigenvalue weighted by Gasteiger charge is -2.18.